The first kappa shape index (κ1) is 12.2. The molecule has 4 nitrogen and oxygen atoms in total. The zero-order chi connectivity index (χ0) is 13.1. The van der Waals surface area contributed by atoms with E-state index >= 15 is 0 Å². The molecule has 0 saturated heterocycles. The molecule has 2 aliphatic rings. The Bertz CT molecular complexity index is 496. The molecular weight excluding hydrogens is 228 g/mol. The molecule has 0 aromatic rings. The highest BCUT2D eigenvalue weighted by Crippen LogP contribution is 2.17. The van der Waals surface area contributed by atoms with E-state index in [1.807, 2.05) is 37.3 Å². The molecule has 2 rings (SSSR count). The average molecular weight is 244 g/mol. The summed E-state index contributed by atoms with van der Waals surface area (Å²) in [6, 6.07) is 0. The van der Waals surface area contributed by atoms with Crippen LogP contribution in [0.15, 0.2) is 59.5 Å². The smallest absolute Gasteiger partial charge is 0.336 e. The predicted molar refractivity (Wildman–Crippen MR) is 70.0 cm³/mol. The topological polar surface area (TPSA) is 50.4 Å². The summed E-state index contributed by atoms with van der Waals surface area (Å²) >= 11 is 0. The lowest BCUT2D eigenvalue weighted by atomic mass is 10.2. The Morgan fingerprint density at radius 3 is 2.61 bits per heavy atom. The summed E-state index contributed by atoms with van der Waals surface area (Å²) in [5.41, 5.74) is 3.30. The normalized spacial score (nSPS) is 21.2. The maximum Gasteiger partial charge on any atom is 0.336 e. The molecule has 1 aliphatic carbocycles. The van der Waals surface area contributed by atoms with Crippen LogP contribution in [-0.2, 0) is 9.53 Å². The van der Waals surface area contributed by atoms with Crippen molar-refractivity contribution < 1.29 is 9.53 Å². The molecule has 1 unspecified atom stereocenters. The van der Waals surface area contributed by atoms with Gasteiger partial charge in [-0.2, -0.15) is 0 Å². The fourth-order valence-corrected chi connectivity index (χ4v) is 1.67. The molecule has 0 fully saturated rings. The number of allylic oxidation sites excluding steroid dienone is 7. The highest BCUT2D eigenvalue weighted by atomic mass is 16.6. The summed E-state index contributed by atoms with van der Waals surface area (Å²) in [7, 11) is 0. The van der Waals surface area contributed by atoms with Crippen LogP contribution in [0.3, 0.4) is 0 Å². The van der Waals surface area contributed by atoms with E-state index in [0.29, 0.717) is 5.57 Å². The SMILES string of the molecule is C=C(C)C(=O)OC1NC(C)=CC(=C2C=CC=C2)N1. The number of carbonyl (C=O) groups is 1. The number of ether oxygens (including phenoxy) is 1. The molecule has 2 N–H and O–H groups in total. The second-order valence-electron chi connectivity index (χ2n) is 4.27. The van der Waals surface area contributed by atoms with Crippen LogP contribution < -0.4 is 10.6 Å². The third-order valence-corrected chi connectivity index (χ3v) is 2.55. The van der Waals surface area contributed by atoms with Gasteiger partial charge in [-0.15, -0.1) is 0 Å². The first-order valence-electron chi connectivity index (χ1n) is 5.73. The number of nitrogens with one attached hydrogen (secondary N) is 2. The predicted octanol–water partition coefficient (Wildman–Crippen LogP) is 1.87. The third-order valence-electron chi connectivity index (χ3n) is 2.55. The van der Waals surface area contributed by atoms with Crippen LogP contribution in [0.5, 0.6) is 0 Å². The van der Waals surface area contributed by atoms with Crippen LogP contribution in [0.25, 0.3) is 0 Å². The molecule has 1 heterocycles. The van der Waals surface area contributed by atoms with Gasteiger partial charge in [0.1, 0.15) is 0 Å². The van der Waals surface area contributed by atoms with Crippen molar-refractivity contribution in [1.82, 2.24) is 10.6 Å². The molecule has 4 heteroatoms. The lowest BCUT2D eigenvalue weighted by Gasteiger charge is -2.28. The summed E-state index contributed by atoms with van der Waals surface area (Å²) in [6.07, 6.45) is 9.32. The van der Waals surface area contributed by atoms with Crippen LogP contribution in [-0.4, -0.2) is 12.3 Å². The molecule has 0 bridgehead atoms. The van der Waals surface area contributed by atoms with E-state index in [0.717, 1.165) is 17.0 Å². The Morgan fingerprint density at radius 2 is 2.00 bits per heavy atom. The van der Waals surface area contributed by atoms with Gasteiger partial charge < -0.3 is 15.4 Å². The molecule has 0 amide bonds. The minimum Gasteiger partial charge on any atom is -0.419 e. The van der Waals surface area contributed by atoms with E-state index in [-0.39, 0.29) is 0 Å². The molecule has 0 aromatic carbocycles. The molecule has 0 radical (unpaired) electrons. The summed E-state index contributed by atoms with van der Waals surface area (Å²) < 4.78 is 5.23. The van der Waals surface area contributed by atoms with Crippen molar-refractivity contribution in [3.05, 3.63) is 59.5 Å². The van der Waals surface area contributed by atoms with Crippen molar-refractivity contribution >= 4 is 5.97 Å². The zero-order valence-electron chi connectivity index (χ0n) is 10.5. The highest BCUT2D eigenvalue weighted by molar-refractivity contribution is 5.87. The number of esters is 1. The van der Waals surface area contributed by atoms with Gasteiger partial charge in [-0.25, -0.2) is 4.79 Å². The minimum atomic E-state index is -0.566. The van der Waals surface area contributed by atoms with Gasteiger partial charge in [-0.3, -0.25) is 0 Å². The number of carbonyl (C=O) groups excluding carboxylic acids is 1. The first-order valence-corrected chi connectivity index (χ1v) is 5.73. The fraction of sp³-hybridized carbons (Fsp3) is 0.214. The summed E-state index contributed by atoms with van der Waals surface area (Å²) in [4.78, 5) is 11.5. The average Bonchev–Trinajstić information content (AvgIpc) is 2.81. The van der Waals surface area contributed by atoms with Crippen LogP contribution in [0.1, 0.15) is 13.8 Å². The fourth-order valence-electron chi connectivity index (χ4n) is 1.67. The Kier molecular flexibility index (Phi) is 3.37. The van der Waals surface area contributed by atoms with E-state index < -0.39 is 12.3 Å². The van der Waals surface area contributed by atoms with Crippen LogP contribution in [0.4, 0.5) is 0 Å². The van der Waals surface area contributed by atoms with Gasteiger partial charge >= 0.3 is 5.97 Å². The second kappa shape index (κ2) is 4.96. The molecule has 0 aromatic heterocycles. The van der Waals surface area contributed by atoms with Crippen molar-refractivity contribution in [3.63, 3.8) is 0 Å². The van der Waals surface area contributed by atoms with Gasteiger partial charge in [0.05, 0.1) is 0 Å². The van der Waals surface area contributed by atoms with Gasteiger partial charge in [-0.05, 0) is 25.5 Å². The monoisotopic (exact) mass is 244 g/mol. The van der Waals surface area contributed by atoms with Gasteiger partial charge in [-0.1, -0.05) is 30.9 Å². The first-order chi connectivity index (χ1) is 8.56. The van der Waals surface area contributed by atoms with E-state index in [4.69, 9.17) is 4.74 Å². The van der Waals surface area contributed by atoms with Crippen LogP contribution in [0.2, 0.25) is 0 Å². The van der Waals surface area contributed by atoms with Crippen molar-refractivity contribution in [2.45, 2.75) is 20.2 Å². The van der Waals surface area contributed by atoms with E-state index in [9.17, 15) is 4.79 Å². The number of rotatable bonds is 2. The van der Waals surface area contributed by atoms with Crippen molar-refractivity contribution in [2.75, 3.05) is 0 Å². The van der Waals surface area contributed by atoms with Gasteiger partial charge in [0.15, 0.2) is 0 Å². The van der Waals surface area contributed by atoms with Gasteiger partial charge in [0.2, 0.25) is 0 Å². The molecule has 94 valence electrons. The van der Waals surface area contributed by atoms with Crippen molar-refractivity contribution in [1.29, 1.82) is 0 Å². The maximum absolute atomic E-state index is 11.5. The lowest BCUT2D eigenvalue weighted by Crippen LogP contribution is -2.47. The largest absolute Gasteiger partial charge is 0.419 e. The minimum absolute atomic E-state index is 0.376. The molecule has 0 spiro atoms. The summed E-state index contributed by atoms with van der Waals surface area (Å²) in [6.45, 7) is 7.10. The molecular formula is C14H16N2O2. The summed E-state index contributed by atoms with van der Waals surface area (Å²) in [5.74, 6) is -0.420. The van der Waals surface area contributed by atoms with E-state index in [1.165, 1.54) is 0 Å². The third kappa shape index (κ3) is 2.71. The number of hydrogen-bond donors (Lipinski definition) is 2. The highest BCUT2D eigenvalue weighted by Gasteiger charge is 2.19. The van der Waals surface area contributed by atoms with Crippen molar-refractivity contribution in [2.24, 2.45) is 0 Å². The second-order valence-corrected chi connectivity index (χ2v) is 4.27. The van der Waals surface area contributed by atoms with Gasteiger partial charge in [0, 0.05) is 17.0 Å². The Hall–Kier alpha value is -2.23. The molecule has 0 saturated carbocycles. The zero-order valence-corrected chi connectivity index (χ0v) is 10.5. The van der Waals surface area contributed by atoms with E-state index in [2.05, 4.69) is 17.2 Å². The Morgan fingerprint density at radius 1 is 1.33 bits per heavy atom. The van der Waals surface area contributed by atoms with Gasteiger partial charge in [0.25, 0.3) is 6.35 Å². The molecule has 18 heavy (non-hydrogen) atoms. The quantitative estimate of drug-likeness (QED) is 0.575. The number of hydrogen-bond acceptors (Lipinski definition) is 4. The van der Waals surface area contributed by atoms with E-state index in [1.54, 1.807) is 6.92 Å². The maximum atomic E-state index is 11.5. The van der Waals surface area contributed by atoms with Crippen LogP contribution >= 0.6 is 0 Å². The summed E-state index contributed by atoms with van der Waals surface area (Å²) in [5, 5.41) is 6.16. The van der Waals surface area contributed by atoms with Crippen LogP contribution in [0, 0.1) is 0 Å². The van der Waals surface area contributed by atoms with Crippen molar-refractivity contribution in [3.8, 4) is 0 Å². The lowest BCUT2D eigenvalue weighted by molar-refractivity contribution is -0.146. The molecule has 1 aliphatic heterocycles. The Labute approximate surface area is 106 Å². The molecule has 1 atom stereocenters. The Balaban J connectivity index is 2.14. The standard InChI is InChI=1S/C14H16N2O2/c1-9(2)13(17)18-14-15-10(3)8-12(16-14)11-6-4-5-7-11/h4-8,14-16H,1H2,2-3H3.